The normalized spacial score (nSPS) is 12.9. The van der Waals surface area contributed by atoms with Crippen molar-refractivity contribution in [3.8, 4) is 11.5 Å². The van der Waals surface area contributed by atoms with Crippen LogP contribution in [0.5, 0.6) is 11.5 Å². The van der Waals surface area contributed by atoms with E-state index in [0.29, 0.717) is 11.5 Å². The van der Waals surface area contributed by atoms with Gasteiger partial charge in [0.1, 0.15) is 30.8 Å². The maximum absolute atomic E-state index is 12.2. The Morgan fingerprint density at radius 1 is 0.848 bits per heavy atom. The zero-order chi connectivity index (χ0) is 24.5. The maximum Gasteiger partial charge on any atom is 0.175 e. The van der Waals surface area contributed by atoms with Gasteiger partial charge in [-0.1, -0.05) is 71.7 Å². The molecule has 0 aliphatic heterocycles. The van der Waals surface area contributed by atoms with Crippen LogP contribution in [-0.4, -0.2) is 41.9 Å². The molecule has 0 aliphatic rings. The van der Waals surface area contributed by atoms with E-state index in [-0.39, 0.29) is 31.0 Å². The van der Waals surface area contributed by atoms with Gasteiger partial charge in [0, 0.05) is 10.8 Å². The molecule has 0 heterocycles. The quantitative estimate of drug-likeness (QED) is 0.428. The summed E-state index contributed by atoms with van der Waals surface area (Å²) in [4.78, 5) is 12.2. The molecule has 1 atom stereocenters. The molecular formula is C28H40O5. The number of aliphatic hydroxyl groups is 2. The molecule has 2 N–H and O–H groups in total. The summed E-state index contributed by atoms with van der Waals surface area (Å²) in [6.45, 7) is 9.92. The Morgan fingerprint density at radius 3 is 1.70 bits per heavy atom. The highest BCUT2D eigenvalue weighted by atomic mass is 16.5. The second-order valence-corrected chi connectivity index (χ2v) is 9.74. The molecule has 2 aromatic carbocycles. The molecule has 0 radical (unpaired) electrons. The summed E-state index contributed by atoms with van der Waals surface area (Å²) >= 11 is 0. The van der Waals surface area contributed by atoms with E-state index >= 15 is 0 Å². The Bertz CT molecular complexity index is 843. The van der Waals surface area contributed by atoms with Gasteiger partial charge in [-0.05, 0) is 48.2 Å². The van der Waals surface area contributed by atoms with Crippen molar-refractivity contribution in [3.63, 3.8) is 0 Å². The van der Waals surface area contributed by atoms with Crippen molar-refractivity contribution in [3.05, 3.63) is 59.7 Å². The zero-order valence-corrected chi connectivity index (χ0v) is 20.8. The first-order chi connectivity index (χ1) is 15.7. The van der Waals surface area contributed by atoms with E-state index < -0.39 is 11.5 Å². The first-order valence-electron chi connectivity index (χ1n) is 11.9. The number of ether oxygens (including phenoxy) is 2. The fourth-order valence-electron chi connectivity index (χ4n) is 4.07. The van der Waals surface area contributed by atoms with Crippen LogP contribution in [-0.2, 0) is 10.2 Å². The lowest BCUT2D eigenvalue weighted by atomic mass is 9.68. The summed E-state index contributed by atoms with van der Waals surface area (Å²) in [5.41, 5.74) is 1.90. The fourth-order valence-corrected chi connectivity index (χ4v) is 4.07. The summed E-state index contributed by atoms with van der Waals surface area (Å²) in [6.07, 6.45) is 3.21. The van der Waals surface area contributed by atoms with E-state index in [1.54, 1.807) is 0 Å². The molecule has 0 aromatic heterocycles. The Hall–Kier alpha value is -2.37. The largest absolute Gasteiger partial charge is 0.491 e. The Morgan fingerprint density at radius 2 is 1.30 bits per heavy atom. The van der Waals surface area contributed by atoms with Crippen molar-refractivity contribution >= 4 is 5.78 Å². The van der Waals surface area contributed by atoms with Crippen LogP contribution in [0.4, 0.5) is 0 Å². The van der Waals surface area contributed by atoms with Crippen LogP contribution < -0.4 is 9.47 Å². The number of Topliss-reactive ketones (excluding diaryl/α,β-unsaturated/α-hetero) is 1. The number of carbonyl (C=O) groups is 1. The van der Waals surface area contributed by atoms with Gasteiger partial charge in [-0.2, -0.15) is 0 Å². The number of hydrogen-bond donors (Lipinski definition) is 2. The highest BCUT2D eigenvalue weighted by Crippen LogP contribution is 2.42. The van der Waals surface area contributed by atoms with Gasteiger partial charge in [-0.3, -0.25) is 4.79 Å². The van der Waals surface area contributed by atoms with Gasteiger partial charge < -0.3 is 19.7 Å². The third kappa shape index (κ3) is 7.31. The smallest absolute Gasteiger partial charge is 0.175 e. The first-order valence-corrected chi connectivity index (χ1v) is 11.9. The number of carbonyl (C=O) groups excluding carboxylic acids is 1. The van der Waals surface area contributed by atoms with Crippen molar-refractivity contribution in [1.82, 2.24) is 0 Å². The molecule has 33 heavy (non-hydrogen) atoms. The van der Waals surface area contributed by atoms with Gasteiger partial charge in [0.2, 0.25) is 0 Å². The van der Waals surface area contributed by atoms with Crippen molar-refractivity contribution < 1.29 is 24.5 Å². The van der Waals surface area contributed by atoms with Gasteiger partial charge in [0.05, 0.1) is 6.61 Å². The van der Waals surface area contributed by atoms with Crippen LogP contribution in [0.25, 0.3) is 0 Å². The lowest BCUT2D eigenvalue weighted by Crippen LogP contribution is -2.28. The molecule has 0 amide bonds. The third-order valence-corrected chi connectivity index (χ3v) is 6.03. The molecule has 0 saturated carbocycles. The predicted octanol–water partition coefficient (Wildman–Crippen LogP) is 5.30. The SMILES string of the molecule is CCCC(CCC)(c1ccc(OCC(=O)C(C)(C)C)cc1)c1ccc(OC[C@H](O)CO)cc1. The Balaban J connectivity index is 2.27. The topological polar surface area (TPSA) is 76.0 Å². The monoisotopic (exact) mass is 456 g/mol. The van der Waals surface area contributed by atoms with Crippen LogP contribution in [0.1, 0.15) is 71.4 Å². The van der Waals surface area contributed by atoms with Gasteiger partial charge >= 0.3 is 0 Å². The number of rotatable bonds is 13. The number of ketones is 1. The molecule has 182 valence electrons. The number of benzene rings is 2. The van der Waals surface area contributed by atoms with Crippen LogP contribution in [0.15, 0.2) is 48.5 Å². The zero-order valence-electron chi connectivity index (χ0n) is 20.8. The van der Waals surface area contributed by atoms with E-state index in [4.69, 9.17) is 14.6 Å². The van der Waals surface area contributed by atoms with Crippen molar-refractivity contribution in [2.75, 3.05) is 19.8 Å². The van der Waals surface area contributed by atoms with E-state index in [9.17, 15) is 9.90 Å². The summed E-state index contributed by atoms with van der Waals surface area (Å²) < 4.78 is 11.3. The van der Waals surface area contributed by atoms with Crippen LogP contribution >= 0.6 is 0 Å². The molecule has 0 saturated heterocycles. The summed E-state index contributed by atoms with van der Waals surface area (Å²) in [7, 11) is 0. The fraction of sp³-hybridized carbons (Fsp3) is 0.536. The second kappa shape index (κ2) is 12.2. The number of aliphatic hydroxyl groups excluding tert-OH is 2. The molecule has 0 bridgehead atoms. The Labute approximate surface area is 198 Å². The average Bonchev–Trinajstić information content (AvgIpc) is 2.80. The lowest BCUT2D eigenvalue weighted by molar-refractivity contribution is -0.128. The summed E-state index contributed by atoms with van der Waals surface area (Å²) in [5.74, 6) is 1.44. The molecule has 0 unspecified atom stereocenters. The second-order valence-electron chi connectivity index (χ2n) is 9.74. The molecule has 5 heteroatoms. The predicted molar refractivity (Wildman–Crippen MR) is 132 cm³/mol. The minimum atomic E-state index is -0.886. The molecule has 2 rings (SSSR count). The Kier molecular flexibility index (Phi) is 9.93. The van der Waals surface area contributed by atoms with E-state index in [1.807, 2.05) is 45.0 Å². The summed E-state index contributed by atoms with van der Waals surface area (Å²) in [6, 6.07) is 16.2. The van der Waals surface area contributed by atoms with Gasteiger partial charge in [0.15, 0.2) is 5.78 Å². The standard InChI is InChI=1S/C28H40O5/c1-6-16-28(17-7-2,21-8-12-24(13-9-21)32-19-23(30)18-29)22-10-14-25(15-11-22)33-20-26(31)27(3,4)5/h8-15,23,29-30H,6-7,16-20H2,1-5H3/t23-/m1/s1. The van der Waals surface area contributed by atoms with E-state index in [0.717, 1.165) is 25.7 Å². The van der Waals surface area contributed by atoms with Crippen molar-refractivity contribution in [2.45, 2.75) is 71.8 Å². The van der Waals surface area contributed by atoms with E-state index in [1.165, 1.54) is 11.1 Å². The minimum absolute atomic E-state index is 0.0596. The van der Waals surface area contributed by atoms with Crippen LogP contribution in [0.2, 0.25) is 0 Å². The van der Waals surface area contributed by atoms with E-state index in [2.05, 4.69) is 38.1 Å². The van der Waals surface area contributed by atoms with Crippen LogP contribution in [0.3, 0.4) is 0 Å². The van der Waals surface area contributed by atoms with Gasteiger partial charge in [-0.15, -0.1) is 0 Å². The molecule has 0 aliphatic carbocycles. The highest BCUT2D eigenvalue weighted by Gasteiger charge is 2.32. The van der Waals surface area contributed by atoms with Crippen LogP contribution in [0, 0.1) is 5.41 Å². The molecule has 2 aromatic rings. The molecule has 0 fully saturated rings. The third-order valence-electron chi connectivity index (χ3n) is 6.03. The minimum Gasteiger partial charge on any atom is -0.491 e. The lowest BCUT2D eigenvalue weighted by Gasteiger charge is -2.35. The van der Waals surface area contributed by atoms with Crippen molar-refractivity contribution in [2.24, 2.45) is 5.41 Å². The average molecular weight is 457 g/mol. The molecular weight excluding hydrogens is 416 g/mol. The van der Waals surface area contributed by atoms with Gasteiger partial charge in [-0.25, -0.2) is 0 Å². The highest BCUT2D eigenvalue weighted by molar-refractivity contribution is 5.85. The summed E-state index contributed by atoms with van der Waals surface area (Å²) in [5, 5.41) is 18.5. The molecule has 5 nitrogen and oxygen atoms in total. The van der Waals surface area contributed by atoms with Gasteiger partial charge in [0.25, 0.3) is 0 Å². The maximum atomic E-state index is 12.2. The molecule has 0 spiro atoms. The first kappa shape index (κ1) is 26.9. The van der Waals surface area contributed by atoms with Crippen molar-refractivity contribution in [1.29, 1.82) is 0 Å². The number of hydrogen-bond acceptors (Lipinski definition) is 5.